The highest BCUT2D eigenvalue weighted by Crippen LogP contribution is 2.37. The molecule has 0 aliphatic heterocycles. The number of benzene rings is 3. The highest BCUT2D eigenvalue weighted by atomic mass is 16.5. The average molecular weight is 477 g/mol. The minimum absolute atomic E-state index is 0.0912. The second-order valence-electron chi connectivity index (χ2n) is 11.5. The van der Waals surface area contributed by atoms with Crippen molar-refractivity contribution < 1.29 is 20.1 Å². The Morgan fingerprint density at radius 2 is 1.26 bits per heavy atom. The Morgan fingerprint density at radius 1 is 0.686 bits per heavy atom. The standard InChI is InChI=1S/C31H40O4/c1-29(2,24-10-12-25(33)13-11-24)21-23-9-16-28(34)27(19-23)30(3,4)20-22-7-14-26(15-8-22)35-31(5,6)17-18-32/h7-16,19,32-34H,17-18,20-21H2,1-6H3. The number of aliphatic hydroxyl groups is 1. The molecule has 0 bridgehead atoms. The summed E-state index contributed by atoms with van der Waals surface area (Å²) >= 11 is 0. The van der Waals surface area contributed by atoms with E-state index in [0.717, 1.165) is 35.3 Å². The number of phenols is 2. The summed E-state index contributed by atoms with van der Waals surface area (Å²) in [6, 6.07) is 21.4. The third-order valence-electron chi connectivity index (χ3n) is 6.76. The molecule has 0 aromatic heterocycles. The van der Waals surface area contributed by atoms with Crippen molar-refractivity contribution in [3.8, 4) is 17.2 Å². The largest absolute Gasteiger partial charge is 0.508 e. The first kappa shape index (κ1) is 26.6. The predicted octanol–water partition coefficient (Wildman–Crippen LogP) is 6.68. The smallest absolute Gasteiger partial charge is 0.120 e. The van der Waals surface area contributed by atoms with Gasteiger partial charge >= 0.3 is 0 Å². The van der Waals surface area contributed by atoms with Gasteiger partial charge in [0, 0.05) is 18.6 Å². The van der Waals surface area contributed by atoms with E-state index in [2.05, 4.69) is 45.9 Å². The monoisotopic (exact) mass is 476 g/mol. The van der Waals surface area contributed by atoms with Crippen LogP contribution < -0.4 is 4.74 Å². The molecule has 0 radical (unpaired) electrons. The van der Waals surface area contributed by atoms with Crippen molar-refractivity contribution in [3.05, 3.63) is 89.0 Å². The van der Waals surface area contributed by atoms with E-state index in [1.54, 1.807) is 18.2 Å². The summed E-state index contributed by atoms with van der Waals surface area (Å²) in [5.41, 5.74) is 3.60. The van der Waals surface area contributed by atoms with Crippen molar-refractivity contribution in [2.45, 2.75) is 77.2 Å². The van der Waals surface area contributed by atoms with Crippen LogP contribution in [0.3, 0.4) is 0 Å². The van der Waals surface area contributed by atoms with Crippen molar-refractivity contribution in [1.82, 2.24) is 0 Å². The van der Waals surface area contributed by atoms with Gasteiger partial charge in [-0.1, -0.05) is 64.1 Å². The van der Waals surface area contributed by atoms with Gasteiger partial charge in [-0.2, -0.15) is 0 Å². The SMILES string of the molecule is CC(C)(CCO)Oc1ccc(CC(C)(C)c2cc(CC(C)(C)c3ccc(O)cc3)ccc2O)cc1. The van der Waals surface area contributed by atoms with Crippen LogP contribution in [-0.4, -0.2) is 27.5 Å². The van der Waals surface area contributed by atoms with Crippen LogP contribution in [0.5, 0.6) is 17.2 Å². The second-order valence-corrected chi connectivity index (χ2v) is 11.5. The summed E-state index contributed by atoms with van der Waals surface area (Å²) in [7, 11) is 0. The zero-order chi connectivity index (χ0) is 25.9. The first-order chi connectivity index (χ1) is 16.3. The zero-order valence-electron chi connectivity index (χ0n) is 21.9. The predicted molar refractivity (Wildman–Crippen MR) is 143 cm³/mol. The lowest BCUT2D eigenvalue weighted by Gasteiger charge is -2.29. The maximum atomic E-state index is 10.7. The third kappa shape index (κ3) is 7.02. The Kier molecular flexibility index (Phi) is 7.86. The summed E-state index contributed by atoms with van der Waals surface area (Å²) in [5.74, 6) is 1.37. The molecule has 0 heterocycles. The quantitative estimate of drug-likeness (QED) is 0.305. The van der Waals surface area contributed by atoms with E-state index in [1.807, 2.05) is 44.2 Å². The molecule has 0 amide bonds. The van der Waals surface area contributed by atoms with Crippen LogP contribution in [-0.2, 0) is 23.7 Å². The molecule has 4 nitrogen and oxygen atoms in total. The molecular formula is C31H40O4. The molecule has 3 rings (SSSR count). The molecular weight excluding hydrogens is 436 g/mol. The van der Waals surface area contributed by atoms with Gasteiger partial charge in [-0.05, 0) is 84.5 Å². The summed E-state index contributed by atoms with van der Waals surface area (Å²) in [6.07, 6.45) is 2.16. The summed E-state index contributed by atoms with van der Waals surface area (Å²) in [4.78, 5) is 0. The summed E-state index contributed by atoms with van der Waals surface area (Å²) in [5, 5.41) is 29.6. The summed E-state index contributed by atoms with van der Waals surface area (Å²) in [6.45, 7) is 12.7. The van der Waals surface area contributed by atoms with Gasteiger partial charge in [0.25, 0.3) is 0 Å². The lowest BCUT2D eigenvalue weighted by atomic mass is 9.75. The van der Waals surface area contributed by atoms with E-state index >= 15 is 0 Å². The fourth-order valence-corrected chi connectivity index (χ4v) is 4.68. The number of hydrogen-bond donors (Lipinski definition) is 3. The van der Waals surface area contributed by atoms with Gasteiger partial charge in [-0.25, -0.2) is 0 Å². The molecule has 4 heteroatoms. The van der Waals surface area contributed by atoms with E-state index in [0.29, 0.717) is 12.2 Å². The van der Waals surface area contributed by atoms with Crippen LogP contribution in [0.1, 0.15) is 70.2 Å². The minimum Gasteiger partial charge on any atom is -0.508 e. The average Bonchev–Trinajstić information content (AvgIpc) is 2.76. The molecule has 188 valence electrons. The topological polar surface area (TPSA) is 69.9 Å². The maximum Gasteiger partial charge on any atom is 0.120 e. The molecule has 0 saturated carbocycles. The van der Waals surface area contributed by atoms with Gasteiger partial charge in [-0.15, -0.1) is 0 Å². The molecule has 0 aliphatic rings. The zero-order valence-corrected chi connectivity index (χ0v) is 21.9. The van der Waals surface area contributed by atoms with E-state index in [1.165, 1.54) is 5.56 Å². The van der Waals surface area contributed by atoms with E-state index in [9.17, 15) is 15.3 Å². The van der Waals surface area contributed by atoms with Crippen LogP contribution >= 0.6 is 0 Å². The molecule has 0 fully saturated rings. The van der Waals surface area contributed by atoms with Gasteiger partial charge in [0.2, 0.25) is 0 Å². The Hall–Kier alpha value is -2.98. The Labute approximate surface area is 210 Å². The van der Waals surface area contributed by atoms with Gasteiger partial charge in [0.1, 0.15) is 22.8 Å². The van der Waals surface area contributed by atoms with Crippen molar-refractivity contribution in [3.63, 3.8) is 0 Å². The van der Waals surface area contributed by atoms with Crippen LogP contribution in [0.25, 0.3) is 0 Å². The van der Waals surface area contributed by atoms with E-state index in [-0.39, 0.29) is 23.2 Å². The van der Waals surface area contributed by atoms with E-state index < -0.39 is 5.60 Å². The number of hydrogen-bond acceptors (Lipinski definition) is 4. The Balaban J connectivity index is 1.77. The molecule has 35 heavy (non-hydrogen) atoms. The van der Waals surface area contributed by atoms with Crippen molar-refractivity contribution in [2.75, 3.05) is 6.61 Å². The fourth-order valence-electron chi connectivity index (χ4n) is 4.68. The highest BCUT2D eigenvalue weighted by Gasteiger charge is 2.27. The molecule has 3 aromatic rings. The second kappa shape index (κ2) is 10.3. The van der Waals surface area contributed by atoms with E-state index in [4.69, 9.17) is 4.74 Å². The molecule has 3 aromatic carbocycles. The number of rotatable bonds is 10. The normalized spacial score (nSPS) is 12.5. The molecule has 0 spiro atoms. The number of phenolic OH excluding ortho intramolecular Hbond substituents is 2. The summed E-state index contributed by atoms with van der Waals surface area (Å²) < 4.78 is 6.02. The highest BCUT2D eigenvalue weighted by molar-refractivity contribution is 5.44. The molecule has 3 N–H and O–H groups in total. The molecule has 0 aliphatic carbocycles. The number of aromatic hydroxyl groups is 2. The van der Waals surface area contributed by atoms with Crippen molar-refractivity contribution >= 4 is 0 Å². The molecule has 0 saturated heterocycles. The molecule has 0 atom stereocenters. The first-order valence-electron chi connectivity index (χ1n) is 12.3. The van der Waals surface area contributed by atoms with Gasteiger partial charge in [0.05, 0.1) is 0 Å². The lowest BCUT2D eigenvalue weighted by molar-refractivity contribution is 0.0765. The van der Waals surface area contributed by atoms with Crippen LogP contribution in [0.2, 0.25) is 0 Å². The number of aliphatic hydroxyl groups excluding tert-OH is 1. The Morgan fingerprint density at radius 3 is 1.86 bits per heavy atom. The van der Waals surface area contributed by atoms with Gasteiger partial charge < -0.3 is 20.1 Å². The van der Waals surface area contributed by atoms with Crippen molar-refractivity contribution in [1.29, 1.82) is 0 Å². The van der Waals surface area contributed by atoms with Crippen LogP contribution in [0.15, 0.2) is 66.7 Å². The van der Waals surface area contributed by atoms with Crippen molar-refractivity contribution in [2.24, 2.45) is 0 Å². The first-order valence-corrected chi connectivity index (χ1v) is 12.3. The Bertz CT molecular complexity index is 1110. The lowest BCUT2D eigenvalue weighted by Crippen LogP contribution is -2.29. The minimum atomic E-state index is -0.421. The maximum absolute atomic E-state index is 10.7. The molecule has 0 unspecified atom stereocenters. The fraction of sp³-hybridized carbons (Fsp3) is 0.419. The van der Waals surface area contributed by atoms with Gasteiger partial charge in [0.15, 0.2) is 0 Å². The third-order valence-corrected chi connectivity index (χ3v) is 6.76. The van der Waals surface area contributed by atoms with Gasteiger partial charge in [-0.3, -0.25) is 0 Å². The number of ether oxygens (including phenoxy) is 1. The van der Waals surface area contributed by atoms with Crippen LogP contribution in [0, 0.1) is 0 Å². The van der Waals surface area contributed by atoms with Crippen LogP contribution in [0.4, 0.5) is 0 Å².